The monoisotopic (exact) mass is 245 g/mol. The Kier molecular flexibility index (Phi) is 3.32. The van der Waals surface area contributed by atoms with Crippen molar-refractivity contribution in [3.05, 3.63) is 35.9 Å². The number of hydrogen-bond donors (Lipinski definition) is 1. The third-order valence-corrected chi connectivity index (χ3v) is 2.65. The minimum atomic E-state index is 0.0761. The summed E-state index contributed by atoms with van der Waals surface area (Å²) in [5, 5.41) is 18.2. The molecule has 0 unspecified atom stereocenters. The van der Waals surface area contributed by atoms with Gasteiger partial charge in [0.25, 0.3) is 0 Å². The average molecular weight is 245 g/mol. The van der Waals surface area contributed by atoms with Crippen molar-refractivity contribution in [2.24, 2.45) is 12.2 Å². The van der Waals surface area contributed by atoms with Crippen LogP contribution in [0.1, 0.15) is 12.5 Å². The van der Waals surface area contributed by atoms with Gasteiger partial charge >= 0.3 is 0 Å². The third kappa shape index (κ3) is 2.07. The molecule has 2 rings (SSSR count). The normalized spacial score (nSPS) is 11.6. The Morgan fingerprint density at radius 3 is 2.61 bits per heavy atom. The van der Waals surface area contributed by atoms with Gasteiger partial charge in [0.05, 0.1) is 11.3 Å². The average Bonchev–Trinajstić information content (AvgIpc) is 2.67. The van der Waals surface area contributed by atoms with Gasteiger partial charge in [0.1, 0.15) is 12.8 Å². The first kappa shape index (κ1) is 12.2. The molecule has 5 heteroatoms. The lowest BCUT2D eigenvalue weighted by Crippen LogP contribution is -1.97. The molecule has 1 aromatic heterocycles. The molecule has 0 saturated carbocycles. The highest BCUT2D eigenvalue weighted by molar-refractivity contribution is 6.05. The van der Waals surface area contributed by atoms with E-state index in [9.17, 15) is 5.11 Å². The summed E-state index contributed by atoms with van der Waals surface area (Å²) in [7, 11) is 3.16. The second-order valence-electron chi connectivity index (χ2n) is 3.90. The Balaban J connectivity index is 2.62. The lowest BCUT2D eigenvalue weighted by atomic mass is 10.1. The molecule has 0 aliphatic carbocycles. The minimum absolute atomic E-state index is 0.0761. The predicted octanol–water partition coefficient (Wildman–Crippen LogP) is 2.16. The van der Waals surface area contributed by atoms with Crippen molar-refractivity contribution in [1.29, 1.82) is 0 Å². The van der Waals surface area contributed by atoms with Gasteiger partial charge in [-0.1, -0.05) is 35.5 Å². The Labute approximate surface area is 105 Å². The van der Waals surface area contributed by atoms with Crippen LogP contribution in [0.15, 0.2) is 35.5 Å². The van der Waals surface area contributed by atoms with Crippen LogP contribution in [-0.4, -0.2) is 27.7 Å². The van der Waals surface area contributed by atoms with Gasteiger partial charge in [0, 0.05) is 12.6 Å². The van der Waals surface area contributed by atoms with Crippen LogP contribution in [0, 0.1) is 0 Å². The van der Waals surface area contributed by atoms with Crippen molar-refractivity contribution >= 4 is 5.71 Å². The molecular formula is C13H15N3O2. The van der Waals surface area contributed by atoms with Crippen molar-refractivity contribution < 1.29 is 9.94 Å². The molecule has 1 heterocycles. The molecule has 0 amide bonds. The molecular weight excluding hydrogens is 230 g/mol. The van der Waals surface area contributed by atoms with Crippen molar-refractivity contribution in [2.45, 2.75) is 6.92 Å². The Morgan fingerprint density at radius 2 is 2.00 bits per heavy atom. The van der Waals surface area contributed by atoms with Crippen molar-refractivity contribution in [3.63, 3.8) is 0 Å². The van der Waals surface area contributed by atoms with E-state index in [-0.39, 0.29) is 5.88 Å². The molecule has 0 saturated heterocycles. The summed E-state index contributed by atoms with van der Waals surface area (Å²) in [6.07, 6.45) is 0. The number of rotatable bonds is 3. The summed E-state index contributed by atoms with van der Waals surface area (Å²) in [4.78, 5) is 4.75. The summed E-state index contributed by atoms with van der Waals surface area (Å²) < 4.78 is 1.42. The lowest BCUT2D eigenvalue weighted by Gasteiger charge is -2.02. The zero-order valence-corrected chi connectivity index (χ0v) is 10.6. The predicted molar refractivity (Wildman–Crippen MR) is 69.5 cm³/mol. The molecule has 0 aliphatic rings. The fourth-order valence-electron chi connectivity index (χ4n) is 1.83. The van der Waals surface area contributed by atoms with E-state index in [1.807, 2.05) is 30.3 Å². The van der Waals surface area contributed by atoms with E-state index in [0.29, 0.717) is 17.0 Å². The van der Waals surface area contributed by atoms with Gasteiger partial charge in [-0.25, -0.2) is 4.68 Å². The molecule has 0 fully saturated rings. The van der Waals surface area contributed by atoms with Gasteiger partial charge in [0.15, 0.2) is 0 Å². The zero-order chi connectivity index (χ0) is 13.1. The van der Waals surface area contributed by atoms with Crippen LogP contribution in [0.2, 0.25) is 0 Å². The Hall–Kier alpha value is -2.30. The summed E-state index contributed by atoms with van der Waals surface area (Å²) in [6, 6.07) is 9.65. The van der Waals surface area contributed by atoms with Crippen LogP contribution in [-0.2, 0) is 11.9 Å². The number of nitrogens with zero attached hydrogens (tertiary/aromatic N) is 3. The van der Waals surface area contributed by atoms with E-state index in [0.717, 1.165) is 5.56 Å². The van der Waals surface area contributed by atoms with Crippen LogP contribution >= 0.6 is 0 Å². The molecule has 0 spiro atoms. The van der Waals surface area contributed by atoms with Gasteiger partial charge in [-0.3, -0.25) is 0 Å². The highest BCUT2D eigenvalue weighted by Crippen LogP contribution is 2.29. The molecule has 1 aromatic carbocycles. The topological polar surface area (TPSA) is 59.6 Å². The SMILES string of the molecule is CON=C(C)c1c(-c2ccccc2)nn(C)c1O. The first-order valence-electron chi connectivity index (χ1n) is 5.54. The van der Waals surface area contributed by atoms with Crippen LogP contribution in [0.3, 0.4) is 0 Å². The number of aryl methyl sites for hydroxylation is 1. The van der Waals surface area contributed by atoms with Gasteiger partial charge in [0.2, 0.25) is 5.88 Å². The lowest BCUT2D eigenvalue weighted by molar-refractivity contribution is 0.213. The number of hydrogen-bond acceptors (Lipinski definition) is 4. The summed E-state index contributed by atoms with van der Waals surface area (Å²) in [6.45, 7) is 1.77. The largest absolute Gasteiger partial charge is 0.493 e. The van der Waals surface area contributed by atoms with Crippen LogP contribution in [0.5, 0.6) is 5.88 Å². The molecule has 0 aliphatic heterocycles. The fourth-order valence-corrected chi connectivity index (χ4v) is 1.83. The van der Waals surface area contributed by atoms with E-state index in [4.69, 9.17) is 4.84 Å². The van der Waals surface area contributed by atoms with E-state index >= 15 is 0 Å². The fraction of sp³-hybridized carbons (Fsp3) is 0.231. The number of aromatic nitrogens is 2. The molecule has 0 bridgehead atoms. The third-order valence-electron chi connectivity index (χ3n) is 2.65. The summed E-state index contributed by atoms with van der Waals surface area (Å²) >= 11 is 0. The minimum Gasteiger partial charge on any atom is -0.493 e. The van der Waals surface area contributed by atoms with E-state index in [1.54, 1.807) is 14.0 Å². The van der Waals surface area contributed by atoms with Gasteiger partial charge in [-0.15, -0.1) is 0 Å². The zero-order valence-electron chi connectivity index (χ0n) is 10.6. The van der Waals surface area contributed by atoms with Crippen molar-refractivity contribution in [1.82, 2.24) is 9.78 Å². The second kappa shape index (κ2) is 4.91. The molecule has 94 valence electrons. The molecule has 0 atom stereocenters. The van der Waals surface area contributed by atoms with Crippen LogP contribution < -0.4 is 0 Å². The first-order valence-corrected chi connectivity index (χ1v) is 5.54. The van der Waals surface area contributed by atoms with Gasteiger partial charge < -0.3 is 9.94 Å². The second-order valence-corrected chi connectivity index (χ2v) is 3.90. The molecule has 1 N–H and O–H groups in total. The molecule has 5 nitrogen and oxygen atoms in total. The standard InChI is InChI=1S/C13H15N3O2/c1-9(15-18-3)11-12(14-16(2)13(11)17)10-7-5-4-6-8-10/h4-8,17H,1-3H3. The number of benzene rings is 1. The Morgan fingerprint density at radius 1 is 1.33 bits per heavy atom. The van der Waals surface area contributed by atoms with Crippen molar-refractivity contribution in [2.75, 3.05) is 7.11 Å². The maximum absolute atomic E-state index is 10.0. The van der Waals surface area contributed by atoms with Gasteiger partial charge in [-0.2, -0.15) is 5.10 Å². The summed E-state index contributed by atoms with van der Waals surface area (Å²) in [5.74, 6) is 0.0761. The smallest absolute Gasteiger partial charge is 0.219 e. The molecule has 2 aromatic rings. The Bertz CT molecular complexity index is 573. The van der Waals surface area contributed by atoms with E-state index in [2.05, 4.69) is 10.3 Å². The first-order chi connectivity index (χ1) is 8.65. The van der Waals surface area contributed by atoms with E-state index in [1.165, 1.54) is 11.8 Å². The van der Waals surface area contributed by atoms with Gasteiger partial charge in [-0.05, 0) is 6.92 Å². The maximum atomic E-state index is 10.0. The van der Waals surface area contributed by atoms with E-state index < -0.39 is 0 Å². The summed E-state index contributed by atoms with van der Waals surface area (Å²) in [5.41, 5.74) is 2.79. The number of oxime groups is 1. The highest BCUT2D eigenvalue weighted by atomic mass is 16.6. The van der Waals surface area contributed by atoms with Crippen LogP contribution in [0.4, 0.5) is 0 Å². The maximum Gasteiger partial charge on any atom is 0.219 e. The van der Waals surface area contributed by atoms with Crippen molar-refractivity contribution in [3.8, 4) is 17.1 Å². The quantitative estimate of drug-likeness (QED) is 0.666. The molecule has 18 heavy (non-hydrogen) atoms. The number of aromatic hydroxyl groups is 1. The highest BCUT2D eigenvalue weighted by Gasteiger charge is 2.19. The molecule has 0 radical (unpaired) electrons. The van der Waals surface area contributed by atoms with Crippen LogP contribution in [0.25, 0.3) is 11.3 Å².